The number of hydrogen-bond acceptors (Lipinski definition) is 3. The van der Waals surface area contributed by atoms with Gasteiger partial charge in [-0.1, -0.05) is 19.9 Å². The van der Waals surface area contributed by atoms with E-state index in [0.717, 1.165) is 16.9 Å². The molecule has 5 nitrogen and oxygen atoms in total. The van der Waals surface area contributed by atoms with Crippen molar-refractivity contribution in [3.63, 3.8) is 0 Å². The maximum atomic E-state index is 12.1. The second-order valence-electron chi connectivity index (χ2n) is 6.19. The number of benzene rings is 1. The van der Waals surface area contributed by atoms with Crippen molar-refractivity contribution in [2.24, 2.45) is 17.3 Å². The lowest BCUT2D eigenvalue weighted by Gasteiger charge is -2.09. The number of carbonyl (C=O) groups is 2. The molecule has 0 heterocycles. The summed E-state index contributed by atoms with van der Waals surface area (Å²) in [5.41, 5.74) is 1.51. The maximum absolute atomic E-state index is 12.1. The standard InChI is InChI=1S/C16H21NO4/c1-9-5-10(7-11(6-9)21-4)8-17-14(18)12-13(15(19)20)16(12,2)3/h5-7,12-13H,8H2,1-4H3,(H,17,18)(H,19,20)/t12-,13+/m0/s1. The number of ether oxygens (including phenoxy) is 1. The van der Waals surface area contributed by atoms with E-state index in [1.54, 1.807) is 7.11 Å². The van der Waals surface area contributed by atoms with Gasteiger partial charge in [-0.15, -0.1) is 0 Å². The van der Waals surface area contributed by atoms with E-state index >= 15 is 0 Å². The Labute approximate surface area is 124 Å². The predicted octanol–water partition coefficient (Wildman–Crippen LogP) is 1.98. The zero-order chi connectivity index (χ0) is 15.8. The highest BCUT2D eigenvalue weighted by Gasteiger charge is 2.65. The van der Waals surface area contributed by atoms with Crippen molar-refractivity contribution >= 4 is 11.9 Å². The molecule has 0 radical (unpaired) electrons. The van der Waals surface area contributed by atoms with Crippen molar-refractivity contribution in [1.29, 1.82) is 0 Å². The first-order valence-electron chi connectivity index (χ1n) is 6.92. The highest BCUT2D eigenvalue weighted by atomic mass is 16.5. The molecule has 2 atom stereocenters. The molecule has 1 aliphatic carbocycles. The van der Waals surface area contributed by atoms with Crippen molar-refractivity contribution in [3.05, 3.63) is 29.3 Å². The second-order valence-corrected chi connectivity index (χ2v) is 6.19. The minimum absolute atomic E-state index is 0.201. The minimum Gasteiger partial charge on any atom is -0.497 e. The van der Waals surface area contributed by atoms with Crippen LogP contribution in [0.1, 0.15) is 25.0 Å². The van der Waals surface area contributed by atoms with Crippen LogP contribution in [-0.2, 0) is 16.1 Å². The highest BCUT2D eigenvalue weighted by molar-refractivity contribution is 5.91. The lowest BCUT2D eigenvalue weighted by Crippen LogP contribution is -2.26. The second kappa shape index (κ2) is 5.39. The minimum atomic E-state index is -0.905. The molecule has 21 heavy (non-hydrogen) atoms. The van der Waals surface area contributed by atoms with Gasteiger partial charge in [-0.3, -0.25) is 9.59 Å². The van der Waals surface area contributed by atoms with Crippen LogP contribution in [0.25, 0.3) is 0 Å². The van der Waals surface area contributed by atoms with Gasteiger partial charge in [0, 0.05) is 6.54 Å². The predicted molar refractivity (Wildman–Crippen MR) is 78.0 cm³/mol. The van der Waals surface area contributed by atoms with Crippen LogP contribution >= 0.6 is 0 Å². The average molecular weight is 291 g/mol. The number of methoxy groups -OCH3 is 1. The fraction of sp³-hybridized carbons (Fsp3) is 0.500. The van der Waals surface area contributed by atoms with Gasteiger partial charge < -0.3 is 15.2 Å². The molecule has 0 bridgehead atoms. The zero-order valence-corrected chi connectivity index (χ0v) is 12.8. The third-order valence-electron chi connectivity index (χ3n) is 4.19. The number of amides is 1. The smallest absolute Gasteiger partial charge is 0.307 e. The van der Waals surface area contributed by atoms with E-state index < -0.39 is 23.2 Å². The Morgan fingerprint density at radius 1 is 1.29 bits per heavy atom. The van der Waals surface area contributed by atoms with Crippen LogP contribution in [0.4, 0.5) is 0 Å². The van der Waals surface area contributed by atoms with Gasteiger partial charge in [-0.2, -0.15) is 0 Å². The number of aliphatic carboxylic acids is 1. The summed E-state index contributed by atoms with van der Waals surface area (Å²) in [6.07, 6.45) is 0. The number of carboxylic acids is 1. The molecule has 5 heteroatoms. The molecule has 1 aromatic rings. The van der Waals surface area contributed by atoms with Gasteiger partial charge in [0.25, 0.3) is 0 Å². The molecule has 2 rings (SSSR count). The summed E-state index contributed by atoms with van der Waals surface area (Å²) >= 11 is 0. The number of aryl methyl sites for hydroxylation is 1. The van der Waals surface area contributed by atoms with Gasteiger partial charge in [-0.25, -0.2) is 0 Å². The SMILES string of the molecule is COc1cc(C)cc(CNC(=O)[C@@H]2[C@H](C(=O)O)C2(C)C)c1. The summed E-state index contributed by atoms with van der Waals surface area (Å²) in [5.74, 6) is -1.41. The van der Waals surface area contributed by atoms with Crippen LogP contribution in [0.5, 0.6) is 5.75 Å². The summed E-state index contributed by atoms with van der Waals surface area (Å²) in [6, 6.07) is 5.74. The Morgan fingerprint density at radius 3 is 2.48 bits per heavy atom. The summed E-state index contributed by atoms with van der Waals surface area (Å²) in [7, 11) is 1.60. The van der Waals surface area contributed by atoms with Crippen molar-refractivity contribution in [2.75, 3.05) is 7.11 Å². The molecule has 1 saturated carbocycles. The number of carbonyl (C=O) groups excluding carboxylic acids is 1. The fourth-order valence-corrected chi connectivity index (χ4v) is 2.93. The molecular weight excluding hydrogens is 270 g/mol. The van der Waals surface area contributed by atoms with Crippen LogP contribution in [0.15, 0.2) is 18.2 Å². The third kappa shape index (κ3) is 3.01. The first-order valence-corrected chi connectivity index (χ1v) is 6.92. The molecule has 2 N–H and O–H groups in total. The van der Waals surface area contributed by atoms with Gasteiger partial charge in [0.2, 0.25) is 5.91 Å². The summed E-state index contributed by atoms with van der Waals surface area (Å²) < 4.78 is 5.19. The normalized spacial score (nSPS) is 22.5. The molecule has 0 aromatic heterocycles. The first-order chi connectivity index (χ1) is 9.77. The largest absolute Gasteiger partial charge is 0.497 e. The lowest BCUT2D eigenvalue weighted by molar-refractivity contribution is -0.140. The topological polar surface area (TPSA) is 75.6 Å². The Bertz CT molecular complexity index is 580. The molecule has 1 aromatic carbocycles. The van der Waals surface area contributed by atoms with Crippen LogP contribution in [0, 0.1) is 24.2 Å². The molecule has 0 unspecified atom stereocenters. The molecule has 0 saturated heterocycles. The number of hydrogen-bond donors (Lipinski definition) is 2. The summed E-state index contributed by atoms with van der Waals surface area (Å²) in [6.45, 7) is 5.95. The highest BCUT2D eigenvalue weighted by Crippen LogP contribution is 2.58. The molecule has 114 valence electrons. The first kappa shape index (κ1) is 15.4. The van der Waals surface area contributed by atoms with E-state index in [0.29, 0.717) is 6.54 Å². The Morgan fingerprint density at radius 2 is 1.95 bits per heavy atom. The monoisotopic (exact) mass is 291 g/mol. The summed E-state index contributed by atoms with van der Waals surface area (Å²) in [5, 5.41) is 11.9. The van der Waals surface area contributed by atoms with Crippen molar-refractivity contribution in [1.82, 2.24) is 5.32 Å². The quantitative estimate of drug-likeness (QED) is 0.869. The Kier molecular flexibility index (Phi) is 3.94. The molecule has 1 fully saturated rings. The van der Waals surface area contributed by atoms with Crippen molar-refractivity contribution in [3.8, 4) is 5.75 Å². The number of rotatable bonds is 5. The Balaban J connectivity index is 1.99. The van der Waals surface area contributed by atoms with Gasteiger partial charge >= 0.3 is 5.97 Å². The van der Waals surface area contributed by atoms with E-state index in [9.17, 15) is 9.59 Å². The molecular formula is C16H21NO4. The zero-order valence-electron chi connectivity index (χ0n) is 12.8. The van der Waals surface area contributed by atoms with Gasteiger partial charge in [0.15, 0.2) is 0 Å². The van der Waals surface area contributed by atoms with Gasteiger partial charge in [0.1, 0.15) is 5.75 Å². The number of carboxylic acid groups (broad SMARTS) is 1. The van der Waals surface area contributed by atoms with Crippen LogP contribution < -0.4 is 10.1 Å². The van der Waals surface area contributed by atoms with Crippen molar-refractivity contribution < 1.29 is 19.4 Å². The van der Waals surface area contributed by atoms with E-state index in [2.05, 4.69) is 5.32 Å². The van der Waals surface area contributed by atoms with E-state index in [4.69, 9.17) is 9.84 Å². The molecule has 1 amide bonds. The molecule has 0 aliphatic heterocycles. The summed E-state index contributed by atoms with van der Waals surface area (Å²) in [4.78, 5) is 23.2. The van der Waals surface area contributed by atoms with Gasteiger partial charge in [0.05, 0.1) is 18.9 Å². The maximum Gasteiger partial charge on any atom is 0.307 e. The Hall–Kier alpha value is -2.04. The van der Waals surface area contributed by atoms with Gasteiger partial charge in [-0.05, 0) is 35.6 Å². The van der Waals surface area contributed by atoms with E-state index in [-0.39, 0.29) is 5.91 Å². The van der Waals surface area contributed by atoms with Crippen LogP contribution in [0.2, 0.25) is 0 Å². The number of nitrogens with one attached hydrogen (secondary N) is 1. The molecule has 0 spiro atoms. The van der Waals surface area contributed by atoms with Crippen LogP contribution in [-0.4, -0.2) is 24.1 Å². The third-order valence-corrected chi connectivity index (χ3v) is 4.19. The average Bonchev–Trinajstić information content (AvgIpc) is 2.98. The van der Waals surface area contributed by atoms with E-state index in [1.165, 1.54) is 0 Å². The molecule has 1 aliphatic rings. The lowest BCUT2D eigenvalue weighted by atomic mass is 10.1. The van der Waals surface area contributed by atoms with E-state index in [1.807, 2.05) is 39.0 Å². The van der Waals surface area contributed by atoms with Crippen molar-refractivity contribution in [2.45, 2.75) is 27.3 Å². The van der Waals surface area contributed by atoms with Crippen LogP contribution in [0.3, 0.4) is 0 Å². The fourth-order valence-electron chi connectivity index (χ4n) is 2.93.